The highest BCUT2D eigenvalue weighted by molar-refractivity contribution is 5.94. The van der Waals surface area contributed by atoms with E-state index in [0.717, 1.165) is 30.0 Å². The van der Waals surface area contributed by atoms with E-state index in [2.05, 4.69) is 16.4 Å². The molecule has 0 atom stereocenters. The number of carbonyl (C=O) groups excluding carboxylic acids is 1. The van der Waals surface area contributed by atoms with Crippen molar-refractivity contribution in [1.29, 1.82) is 0 Å². The Hall–Kier alpha value is -2.56. The van der Waals surface area contributed by atoms with Crippen LogP contribution in [-0.4, -0.2) is 31.7 Å². The largest absolute Gasteiger partial charge is 0.362 e. The summed E-state index contributed by atoms with van der Waals surface area (Å²) in [5.41, 5.74) is 3.25. The van der Waals surface area contributed by atoms with Gasteiger partial charge >= 0.3 is 6.03 Å². The molecule has 2 amide bonds. The van der Waals surface area contributed by atoms with Gasteiger partial charge in [-0.3, -0.25) is 4.90 Å². The second-order valence-corrected chi connectivity index (χ2v) is 5.57. The van der Waals surface area contributed by atoms with Crippen LogP contribution in [0.15, 0.2) is 42.6 Å². The van der Waals surface area contributed by atoms with Crippen molar-refractivity contribution in [3.8, 4) is 0 Å². The van der Waals surface area contributed by atoms with Crippen molar-refractivity contribution in [1.82, 2.24) is 10.3 Å². The minimum atomic E-state index is -0.0569. The summed E-state index contributed by atoms with van der Waals surface area (Å²) in [6.07, 6.45) is 2.68. The molecule has 0 unspecified atom stereocenters. The fraction of sp³-hybridized carbons (Fsp3) is 0.294. The van der Waals surface area contributed by atoms with Crippen LogP contribution in [0.3, 0.4) is 0 Å². The Morgan fingerprint density at radius 3 is 2.91 bits per heavy atom. The van der Waals surface area contributed by atoms with Crippen molar-refractivity contribution in [2.45, 2.75) is 13.0 Å². The molecule has 0 bridgehead atoms. The summed E-state index contributed by atoms with van der Waals surface area (Å²) in [6.45, 7) is 1.21. The first kappa shape index (κ1) is 14.4. The molecule has 5 heteroatoms. The second-order valence-electron chi connectivity index (χ2n) is 5.57. The van der Waals surface area contributed by atoms with E-state index < -0.39 is 0 Å². The lowest BCUT2D eigenvalue weighted by Gasteiger charge is -2.20. The minimum Gasteiger partial charge on any atom is -0.362 e. The van der Waals surface area contributed by atoms with Gasteiger partial charge in [-0.05, 0) is 24.1 Å². The number of fused-ring (bicyclic) bond motifs is 1. The van der Waals surface area contributed by atoms with Gasteiger partial charge in [-0.15, -0.1) is 0 Å². The predicted octanol–water partition coefficient (Wildman–Crippen LogP) is 2.42. The van der Waals surface area contributed by atoms with Gasteiger partial charge in [0, 0.05) is 44.6 Å². The molecule has 2 heterocycles. The first-order valence-corrected chi connectivity index (χ1v) is 7.41. The zero-order chi connectivity index (χ0) is 15.5. The molecular weight excluding hydrogens is 276 g/mol. The summed E-state index contributed by atoms with van der Waals surface area (Å²) in [4.78, 5) is 20.6. The molecule has 1 N–H and O–H groups in total. The van der Waals surface area contributed by atoms with Crippen molar-refractivity contribution in [2.24, 2.45) is 0 Å². The molecule has 114 valence electrons. The van der Waals surface area contributed by atoms with Crippen LogP contribution in [-0.2, 0) is 13.0 Å². The average molecular weight is 296 g/mol. The number of nitrogens with zero attached hydrogens (tertiary/aromatic N) is 3. The summed E-state index contributed by atoms with van der Waals surface area (Å²) in [7, 11) is 3.90. The molecule has 2 aromatic rings. The number of hydrogen-bond donors (Lipinski definition) is 1. The quantitative estimate of drug-likeness (QED) is 0.946. The van der Waals surface area contributed by atoms with Gasteiger partial charge in [0.2, 0.25) is 0 Å². The predicted molar refractivity (Wildman–Crippen MR) is 88.3 cm³/mol. The van der Waals surface area contributed by atoms with E-state index in [9.17, 15) is 4.79 Å². The first-order chi connectivity index (χ1) is 10.7. The van der Waals surface area contributed by atoms with Gasteiger partial charge in [0.25, 0.3) is 0 Å². The maximum atomic E-state index is 12.4. The standard InChI is InChI=1S/C17H20N4O/c1-20(2)16-14(7-5-10-18-16)12-19-17(22)21-11-9-13-6-3-4-8-15(13)21/h3-8,10H,9,11-12H2,1-2H3,(H,19,22). The van der Waals surface area contributed by atoms with Crippen LogP contribution in [0.1, 0.15) is 11.1 Å². The molecule has 3 rings (SSSR count). The number of amides is 2. The summed E-state index contributed by atoms with van der Waals surface area (Å²) in [6, 6.07) is 11.9. The molecule has 1 aliphatic rings. The normalized spacial score (nSPS) is 12.9. The topological polar surface area (TPSA) is 48.5 Å². The van der Waals surface area contributed by atoms with E-state index in [1.165, 1.54) is 5.56 Å². The number of urea groups is 1. The van der Waals surface area contributed by atoms with Crippen molar-refractivity contribution < 1.29 is 4.79 Å². The fourth-order valence-electron chi connectivity index (χ4n) is 2.79. The highest BCUT2D eigenvalue weighted by Gasteiger charge is 2.23. The van der Waals surface area contributed by atoms with Crippen molar-refractivity contribution >= 4 is 17.5 Å². The maximum Gasteiger partial charge on any atom is 0.322 e. The Balaban J connectivity index is 1.69. The Bertz CT molecular complexity index is 684. The van der Waals surface area contributed by atoms with Crippen molar-refractivity contribution in [2.75, 3.05) is 30.4 Å². The van der Waals surface area contributed by atoms with Crippen molar-refractivity contribution in [3.63, 3.8) is 0 Å². The Labute approximate surface area is 130 Å². The Morgan fingerprint density at radius 2 is 2.09 bits per heavy atom. The minimum absolute atomic E-state index is 0.0569. The number of benzene rings is 1. The monoisotopic (exact) mass is 296 g/mol. The van der Waals surface area contributed by atoms with E-state index in [4.69, 9.17) is 0 Å². The van der Waals surface area contributed by atoms with Gasteiger partial charge in [0.15, 0.2) is 0 Å². The number of carbonyl (C=O) groups is 1. The third-order valence-corrected chi connectivity index (χ3v) is 3.85. The highest BCUT2D eigenvalue weighted by atomic mass is 16.2. The number of anilines is 2. The molecule has 5 nitrogen and oxygen atoms in total. The molecule has 1 aromatic carbocycles. The third kappa shape index (κ3) is 2.74. The summed E-state index contributed by atoms with van der Waals surface area (Å²) < 4.78 is 0. The van der Waals surface area contributed by atoms with Gasteiger partial charge in [0.05, 0.1) is 0 Å². The second kappa shape index (κ2) is 6.05. The molecule has 0 saturated heterocycles. The van der Waals surface area contributed by atoms with E-state index in [1.54, 1.807) is 11.1 Å². The van der Waals surface area contributed by atoms with Gasteiger partial charge < -0.3 is 10.2 Å². The lowest BCUT2D eigenvalue weighted by atomic mass is 10.2. The zero-order valence-corrected chi connectivity index (χ0v) is 12.9. The molecule has 0 spiro atoms. The van der Waals surface area contributed by atoms with Crippen LogP contribution in [0, 0.1) is 0 Å². The lowest BCUT2D eigenvalue weighted by Crippen LogP contribution is -2.38. The number of aromatic nitrogens is 1. The molecule has 1 aliphatic heterocycles. The maximum absolute atomic E-state index is 12.4. The molecule has 22 heavy (non-hydrogen) atoms. The van der Waals surface area contributed by atoms with Crippen LogP contribution < -0.4 is 15.1 Å². The molecule has 0 saturated carbocycles. The van der Waals surface area contributed by atoms with Gasteiger partial charge in [0.1, 0.15) is 5.82 Å². The van der Waals surface area contributed by atoms with Crippen molar-refractivity contribution in [3.05, 3.63) is 53.7 Å². The smallest absolute Gasteiger partial charge is 0.322 e. The molecule has 1 aromatic heterocycles. The molecule has 0 radical (unpaired) electrons. The fourth-order valence-corrected chi connectivity index (χ4v) is 2.79. The average Bonchev–Trinajstić information content (AvgIpc) is 2.97. The van der Waals surface area contributed by atoms with E-state index in [-0.39, 0.29) is 6.03 Å². The van der Waals surface area contributed by atoms with E-state index >= 15 is 0 Å². The van der Waals surface area contributed by atoms with Crippen LogP contribution in [0.5, 0.6) is 0 Å². The van der Waals surface area contributed by atoms with E-state index in [1.807, 2.05) is 49.3 Å². The van der Waals surface area contributed by atoms with Crippen LogP contribution >= 0.6 is 0 Å². The van der Waals surface area contributed by atoms with Gasteiger partial charge in [-0.25, -0.2) is 9.78 Å². The molecular formula is C17H20N4O. The first-order valence-electron chi connectivity index (χ1n) is 7.41. The van der Waals surface area contributed by atoms with Crippen LogP contribution in [0.2, 0.25) is 0 Å². The Kier molecular flexibility index (Phi) is 3.96. The number of pyridine rings is 1. The number of para-hydroxylation sites is 1. The lowest BCUT2D eigenvalue weighted by molar-refractivity contribution is 0.246. The number of hydrogen-bond acceptors (Lipinski definition) is 3. The highest BCUT2D eigenvalue weighted by Crippen LogP contribution is 2.27. The molecule has 0 fully saturated rings. The summed E-state index contributed by atoms with van der Waals surface area (Å²) in [5.74, 6) is 0.879. The SMILES string of the molecule is CN(C)c1ncccc1CNC(=O)N1CCc2ccccc21. The van der Waals surface area contributed by atoms with E-state index in [0.29, 0.717) is 6.54 Å². The van der Waals surface area contributed by atoms with Gasteiger partial charge in [-0.1, -0.05) is 24.3 Å². The van der Waals surface area contributed by atoms with Crippen LogP contribution in [0.4, 0.5) is 16.3 Å². The van der Waals surface area contributed by atoms with Gasteiger partial charge in [-0.2, -0.15) is 0 Å². The van der Waals surface area contributed by atoms with Crippen LogP contribution in [0.25, 0.3) is 0 Å². The number of nitrogens with one attached hydrogen (secondary N) is 1. The number of rotatable bonds is 3. The zero-order valence-electron chi connectivity index (χ0n) is 12.9. The Morgan fingerprint density at radius 1 is 1.27 bits per heavy atom. The summed E-state index contributed by atoms with van der Waals surface area (Å²) >= 11 is 0. The molecule has 0 aliphatic carbocycles. The summed E-state index contributed by atoms with van der Waals surface area (Å²) in [5, 5.41) is 3.00. The third-order valence-electron chi connectivity index (χ3n) is 3.85.